The van der Waals surface area contributed by atoms with Crippen LogP contribution in [0.5, 0.6) is 0 Å². The van der Waals surface area contributed by atoms with Gasteiger partial charge in [0.1, 0.15) is 11.8 Å². The number of nitrogens with two attached hydrogens (primary N) is 1. The van der Waals surface area contributed by atoms with Gasteiger partial charge in [-0.2, -0.15) is 0 Å². The minimum Gasteiger partial charge on any atom is -0.372 e. The van der Waals surface area contributed by atoms with Crippen LogP contribution < -0.4 is 10.6 Å². The molecule has 6 nitrogen and oxygen atoms in total. The number of carbonyl (C=O) groups is 3. The molecule has 0 bridgehead atoms. The third-order valence-corrected chi connectivity index (χ3v) is 5.12. The van der Waals surface area contributed by atoms with Crippen LogP contribution in [0.25, 0.3) is 0 Å². The Balaban J connectivity index is 1.79. The van der Waals surface area contributed by atoms with Gasteiger partial charge in [0.05, 0.1) is 0 Å². The predicted molar refractivity (Wildman–Crippen MR) is 95.3 cm³/mol. The first kappa shape index (κ1) is 17.5. The van der Waals surface area contributed by atoms with Crippen molar-refractivity contribution in [3.63, 3.8) is 0 Å². The van der Waals surface area contributed by atoms with E-state index < -0.39 is 11.9 Å². The molecule has 2 amide bonds. The van der Waals surface area contributed by atoms with Gasteiger partial charge in [-0.25, -0.2) is 0 Å². The molecule has 2 aliphatic heterocycles. The standard InChI is InChI=1S/C19H25N3O3/c1-13(23)5-8-17(18(20)24)22-12-14-11-15(6-7-16(14)19(22)25)21-9-3-2-4-10-21/h6-7,11,17H,2-5,8-10,12H2,1H3,(H2,20,24)/t17-/m0/s1. The number of piperidine rings is 1. The van der Waals surface area contributed by atoms with Gasteiger partial charge in [0.15, 0.2) is 0 Å². The molecule has 0 saturated carbocycles. The molecule has 134 valence electrons. The second-order valence-electron chi connectivity index (χ2n) is 6.98. The molecule has 1 atom stereocenters. The molecule has 1 fully saturated rings. The molecule has 6 heteroatoms. The van der Waals surface area contributed by atoms with Crippen molar-refractivity contribution in [2.45, 2.75) is 51.6 Å². The Hall–Kier alpha value is -2.37. The van der Waals surface area contributed by atoms with Gasteiger partial charge in [0.2, 0.25) is 5.91 Å². The van der Waals surface area contributed by atoms with Crippen molar-refractivity contribution in [3.8, 4) is 0 Å². The van der Waals surface area contributed by atoms with Crippen molar-refractivity contribution >= 4 is 23.3 Å². The first-order valence-electron chi connectivity index (χ1n) is 8.95. The zero-order valence-corrected chi connectivity index (χ0v) is 14.7. The lowest BCUT2D eigenvalue weighted by atomic mass is 10.1. The molecule has 25 heavy (non-hydrogen) atoms. The molecule has 0 spiro atoms. The average Bonchev–Trinajstić information content (AvgIpc) is 2.91. The quantitative estimate of drug-likeness (QED) is 0.854. The maximum atomic E-state index is 12.7. The van der Waals surface area contributed by atoms with Crippen LogP contribution in [0, 0.1) is 0 Å². The van der Waals surface area contributed by atoms with E-state index in [9.17, 15) is 14.4 Å². The van der Waals surface area contributed by atoms with Crippen LogP contribution >= 0.6 is 0 Å². The highest BCUT2D eigenvalue weighted by molar-refractivity contribution is 6.01. The molecule has 1 saturated heterocycles. The van der Waals surface area contributed by atoms with E-state index in [1.54, 1.807) is 0 Å². The number of hydrogen-bond acceptors (Lipinski definition) is 4. The molecule has 1 aromatic carbocycles. The van der Waals surface area contributed by atoms with Crippen molar-refractivity contribution < 1.29 is 14.4 Å². The lowest BCUT2D eigenvalue weighted by molar-refractivity contribution is -0.123. The highest BCUT2D eigenvalue weighted by Crippen LogP contribution is 2.30. The summed E-state index contributed by atoms with van der Waals surface area (Å²) >= 11 is 0. The zero-order valence-electron chi connectivity index (χ0n) is 14.7. The molecule has 0 aliphatic carbocycles. The van der Waals surface area contributed by atoms with Gasteiger partial charge in [0, 0.05) is 37.3 Å². The molecule has 2 heterocycles. The number of benzene rings is 1. The van der Waals surface area contributed by atoms with Crippen LogP contribution in [0.3, 0.4) is 0 Å². The summed E-state index contributed by atoms with van der Waals surface area (Å²) in [6.07, 6.45) is 4.17. The number of fused-ring (bicyclic) bond motifs is 1. The minimum atomic E-state index is -0.734. The van der Waals surface area contributed by atoms with Gasteiger partial charge < -0.3 is 20.3 Å². The molecule has 2 aliphatic rings. The van der Waals surface area contributed by atoms with Crippen LogP contribution in [-0.2, 0) is 16.1 Å². The Bertz CT molecular complexity index is 695. The SMILES string of the molecule is CC(=O)CC[C@@H](C(N)=O)N1Cc2cc(N3CCCCC3)ccc2C1=O. The van der Waals surface area contributed by atoms with E-state index in [0.717, 1.165) is 24.3 Å². The fourth-order valence-electron chi connectivity index (χ4n) is 3.72. The second-order valence-corrected chi connectivity index (χ2v) is 6.98. The van der Waals surface area contributed by atoms with Crippen molar-refractivity contribution in [1.82, 2.24) is 4.90 Å². The Labute approximate surface area is 148 Å². The van der Waals surface area contributed by atoms with Crippen LogP contribution in [0.1, 0.15) is 54.9 Å². The van der Waals surface area contributed by atoms with Gasteiger partial charge >= 0.3 is 0 Å². The molecule has 0 radical (unpaired) electrons. The summed E-state index contributed by atoms with van der Waals surface area (Å²) in [5, 5.41) is 0. The highest BCUT2D eigenvalue weighted by atomic mass is 16.2. The summed E-state index contributed by atoms with van der Waals surface area (Å²) in [5.41, 5.74) is 8.19. The number of ketones is 1. The Kier molecular flexibility index (Phi) is 5.06. The molecular weight excluding hydrogens is 318 g/mol. The fourth-order valence-corrected chi connectivity index (χ4v) is 3.72. The fraction of sp³-hybridized carbons (Fsp3) is 0.526. The minimum absolute atomic E-state index is 0.0113. The van der Waals surface area contributed by atoms with E-state index in [2.05, 4.69) is 11.0 Å². The number of Topliss-reactive ketones (excluding diaryl/α,β-unsaturated/α-hetero) is 1. The summed E-state index contributed by atoms with van der Waals surface area (Å²) < 4.78 is 0. The van der Waals surface area contributed by atoms with E-state index >= 15 is 0 Å². The maximum absolute atomic E-state index is 12.7. The van der Waals surface area contributed by atoms with E-state index in [1.807, 2.05) is 12.1 Å². The number of amides is 2. The summed E-state index contributed by atoms with van der Waals surface area (Å²) in [7, 11) is 0. The van der Waals surface area contributed by atoms with Crippen molar-refractivity contribution in [2.24, 2.45) is 5.73 Å². The summed E-state index contributed by atoms with van der Waals surface area (Å²) in [6, 6.07) is 5.16. The molecular formula is C19H25N3O3. The van der Waals surface area contributed by atoms with Crippen LogP contribution in [0.4, 0.5) is 5.69 Å². The number of primary amides is 1. The molecule has 2 N–H and O–H groups in total. The predicted octanol–water partition coefficient (Wildman–Crippen LogP) is 1.86. The average molecular weight is 343 g/mol. The number of nitrogens with zero attached hydrogens (tertiary/aromatic N) is 2. The number of rotatable bonds is 6. The zero-order chi connectivity index (χ0) is 18.0. The summed E-state index contributed by atoms with van der Waals surface area (Å²) in [4.78, 5) is 39.6. The lowest BCUT2D eigenvalue weighted by Gasteiger charge is -2.29. The van der Waals surface area contributed by atoms with E-state index in [4.69, 9.17) is 5.73 Å². The van der Waals surface area contributed by atoms with E-state index in [-0.39, 0.29) is 24.5 Å². The van der Waals surface area contributed by atoms with Gasteiger partial charge in [-0.3, -0.25) is 9.59 Å². The number of hydrogen-bond donors (Lipinski definition) is 1. The first-order valence-corrected chi connectivity index (χ1v) is 8.95. The Morgan fingerprint density at radius 3 is 2.56 bits per heavy atom. The maximum Gasteiger partial charge on any atom is 0.255 e. The van der Waals surface area contributed by atoms with Crippen LogP contribution in [-0.4, -0.2) is 41.6 Å². The summed E-state index contributed by atoms with van der Waals surface area (Å²) in [6.45, 7) is 3.93. The van der Waals surface area contributed by atoms with Crippen LogP contribution in [0.2, 0.25) is 0 Å². The number of carbonyl (C=O) groups excluding carboxylic acids is 3. The van der Waals surface area contributed by atoms with Gasteiger partial charge in [-0.1, -0.05) is 0 Å². The Morgan fingerprint density at radius 2 is 1.92 bits per heavy atom. The smallest absolute Gasteiger partial charge is 0.255 e. The van der Waals surface area contributed by atoms with Gasteiger partial charge in [0.25, 0.3) is 5.91 Å². The third-order valence-electron chi connectivity index (χ3n) is 5.12. The van der Waals surface area contributed by atoms with Crippen molar-refractivity contribution in [2.75, 3.05) is 18.0 Å². The molecule has 0 unspecified atom stereocenters. The normalized spacial score (nSPS) is 18.2. The topological polar surface area (TPSA) is 83.7 Å². The van der Waals surface area contributed by atoms with Crippen molar-refractivity contribution in [1.29, 1.82) is 0 Å². The van der Waals surface area contributed by atoms with Crippen molar-refractivity contribution in [3.05, 3.63) is 29.3 Å². The lowest BCUT2D eigenvalue weighted by Crippen LogP contribution is -2.45. The molecule has 3 rings (SSSR count). The van der Waals surface area contributed by atoms with Crippen LogP contribution in [0.15, 0.2) is 18.2 Å². The largest absolute Gasteiger partial charge is 0.372 e. The second kappa shape index (κ2) is 7.25. The molecule has 1 aromatic rings. The van der Waals surface area contributed by atoms with E-state index in [1.165, 1.54) is 31.1 Å². The first-order chi connectivity index (χ1) is 12.0. The van der Waals surface area contributed by atoms with E-state index in [0.29, 0.717) is 12.1 Å². The molecule has 0 aromatic heterocycles. The number of anilines is 1. The highest BCUT2D eigenvalue weighted by Gasteiger charge is 2.35. The van der Waals surface area contributed by atoms with Gasteiger partial charge in [-0.05, 0) is 56.4 Å². The Morgan fingerprint density at radius 1 is 1.20 bits per heavy atom. The summed E-state index contributed by atoms with van der Waals surface area (Å²) in [5.74, 6) is -0.742. The monoisotopic (exact) mass is 343 g/mol. The van der Waals surface area contributed by atoms with Gasteiger partial charge in [-0.15, -0.1) is 0 Å². The third kappa shape index (κ3) is 3.67.